The summed E-state index contributed by atoms with van der Waals surface area (Å²) in [6, 6.07) is 0. The van der Waals surface area contributed by atoms with Crippen molar-refractivity contribution in [3.05, 3.63) is 23.8 Å². The molecule has 0 spiro atoms. The van der Waals surface area contributed by atoms with E-state index < -0.39 is 29.5 Å². The van der Waals surface area contributed by atoms with Crippen LogP contribution in [0.15, 0.2) is 23.8 Å². The number of aliphatic hydroxyl groups is 3. The lowest BCUT2D eigenvalue weighted by Crippen LogP contribution is -2.61. The summed E-state index contributed by atoms with van der Waals surface area (Å²) in [5.74, 6) is -0.472. The van der Waals surface area contributed by atoms with Crippen molar-refractivity contribution in [2.24, 2.45) is 28.6 Å². The highest BCUT2D eigenvalue weighted by Crippen LogP contribution is 2.67. The molecule has 0 amide bonds. The number of rotatable bonds is 2. The smallest absolute Gasteiger partial charge is 0.302 e. The van der Waals surface area contributed by atoms with Gasteiger partial charge < -0.3 is 20.1 Å². The molecule has 0 aromatic rings. The molecule has 0 saturated heterocycles. The maximum atomic E-state index is 12.4. The Kier molecular flexibility index (Phi) is 6.35. The maximum absolute atomic E-state index is 12.4. The van der Waals surface area contributed by atoms with E-state index in [1.807, 2.05) is 13.0 Å². The van der Waals surface area contributed by atoms with E-state index in [4.69, 9.17) is 0 Å². The molecular weight excluding hydrogens is 400 g/mol. The molecule has 3 saturated carbocycles. The molecule has 4 aliphatic carbocycles. The van der Waals surface area contributed by atoms with Crippen LogP contribution in [0, 0.1) is 28.6 Å². The standard InChI is InChI=1S/C21H28O5.C3H6O2/c1-19-7-5-13(23)9-12(19)3-4-14-15-6-8-21(26,17(25)11-22)20(15,2)10-16(24)18(14)19;1-3(4)5-2/h5,7,9,14-16,18,22,24,26H,3-4,6,8,10-11H2,1-2H3;1-2H3/t14-,15-,16-,18+,19-,20-,21-;/m0./s1. The van der Waals surface area contributed by atoms with E-state index in [2.05, 4.69) is 11.7 Å². The third-order valence-electron chi connectivity index (χ3n) is 8.54. The van der Waals surface area contributed by atoms with Crippen molar-refractivity contribution in [2.45, 2.75) is 64.6 Å². The van der Waals surface area contributed by atoms with Gasteiger partial charge in [0, 0.05) is 23.7 Å². The predicted molar refractivity (Wildman–Crippen MR) is 113 cm³/mol. The fourth-order valence-corrected chi connectivity index (χ4v) is 6.92. The molecule has 31 heavy (non-hydrogen) atoms. The fraction of sp³-hybridized carbons (Fsp3) is 0.708. The summed E-state index contributed by atoms with van der Waals surface area (Å²) in [6.45, 7) is 4.70. The van der Waals surface area contributed by atoms with Gasteiger partial charge in [0.25, 0.3) is 0 Å². The molecule has 0 heterocycles. The Labute approximate surface area is 183 Å². The van der Waals surface area contributed by atoms with Crippen LogP contribution in [0.4, 0.5) is 0 Å². The second-order valence-electron chi connectivity index (χ2n) is 9.89. The van der Waals surface area contributed by atoms with Gasteiger partial charge in [-0.25, -0.2) is 0 Å². The third-order valence-corrected chi connectivity index (χ3v) is 8.54. The van der Waals surface area contributed by atoms with Crippen LogP contribution in [-0.2, 0) is 19.1 Å². The van der Waals surface area contributed by atoms with Crippen LogP contribution in [-0.4, -0.2) is 58.3 Å². The van der Waals surface area contributed by atoms with Crippen LogP contribution in [0.5, 0.6) is 0 Å². The first-order valence-electron chi connectivity index (χ1n) is 11.0. The molecule has 0 bridgehead atoms. The van der Waals surface area contributed by atoms with Crippen molar-refractivity contribution < 1.29 is 34.4 Å². The lowest BCUT2D eigenvalue weighted by atomic mass is 9.46. The summed E-state index contributed by atoms with van der Waals surface area (Å²) in [5, 5.41) is 31.7. The summed E-state index contributed by atoms with van der Waals surface area (Å²) < 4.78 is 4.11. The van der Waals surface area contributed by atoms with Crippen molar-refractivity contribution in [1.29, 1.82) is 0 Å². The Morgan fingerprint density at radius 2 is 1.90 bits per heavy atom. The second-order valence-corrected chi connectivity index (χ2v) is 9.89. The molecule has 0 aromatic heterocycles. The van der Waals surface area contributed by atoms with Gasteiger partial charge in [-0.3, -0.25) is 14.4 Å². The van der Waals surface area contributed by atoms with E-state index in [9.17, 15) is 29.7 Å². The highest BCUT2D eigenvalue weighted by atomic mass is 16.5. The molecule has 7 nitrogen and oxygen atoms in total. The van der Waals surface area contributed by atoms with Crippen LogP contribution >= 0.6 is 0 Å². The van der Waals surface area contributed by atoms with Crippen LogP contribution in [0.1, 0.15) is 52.9 Å². The van der Waals surface area contributed by atoms with Crippen LogP contribution in [0.25, 0.3) is 0 Å². The summed E-state index contributed by atoms with van der Waals surface area (Å²) in [6.07, 6.45) is 7.68. The molecule has 4 rings (SSSR count). The monoisotopic (exact) mass is 434 g/mol. The first-order valence-corrected chi connectivity index (χ1v) is 11.0. The van der Waals surface area contributed by atoms with Gasteiger partial charge >= 0.3 is 5.97 Å². The average Bonchev–Trinajstić information content (AvgIpc) is 2.99. The number of methoxy groups -OCH3 is 1. The van der Waals surface area contributed by atoms with Gasteiger partial charge in [0.1, 0.15) is 12.2 Å². The van der Waals surface area contributed by atoms with E-state index >= 15 is 0 Å². The highest BCUT2D eigenvalue weighted by Gasteiger charge is 2.67. The number of ether oxygens (including phenoxy) is 1. The molecule has 0 aromatic carbocycles. The lowest BCUT2D eigenvalue weighted by molar-refractivity contribution is -0.178. The minimum atomic E-state index is -1.56. The number of ketones is 2. The molecule has 7 heteroatoms. The Balaban J connectivity index is 0.000000491. The molecule has 0 radical (unpaired) electrons. The molecule has 4 aliphatic rings. The molecule has 172 valence electrons. The minimum absolute atomic E-state index is 0.00912. The summed E-state index contributed by atoms with van der Waals surface area (Å²) in [5.41, 5.74) is -1.54. The molecule has 0 aliphatic heterocycles. The number of aliphatic hydroxyl groups excluding tert-OH is 2. The fourth-order valence-electron chi connectivity index (χ4n) is 6.92. The average molecular weight is 435 g/mol. The molecule has 3 fully saturated rings. The van der Waals surface area contributed by atoms with E-state index in [1.54, 1.807) is 12.2 Å². The number of hydrogen-bond acceptors (Lipinski definition) is 7. The Bertz CT molecular complexity index is 830. The first-order chi connectivity index (χ1) is 14.4. The van der Waals surface area contributed by atoms with Crippen molar-refractivity contribution >= 4 is 17.5 Å². The number of Topliss-reactive ketones (excluding diaryl/α,β-unsaturated/α-hetero) is 1. The van der Waals surface area contributed by atoms with E-state index in [-0.39, 0.29) is 34.9 Å². The predicted octanol–water partition coefficient (Wildman–Crippen LogP) is 1.74. The van der Waals surface area contributed by atoms with Gasteiger partial charge in [0.05, 0.1) is 13.2 Å². The highest BCUT2D eigenvalue weighted by molar-refractivity contribution is 6.01. The van der Waals surface area contributed by atoms with Crippen molar-refractivity contribution in [2.75, 3.05) is 13.7 Å². The van der Waals surface area contributed by atoms with Crippen molar-refractivity contribution in [1.82, 2.24) is 0 Å². The summed E-state index contributed by atoms with van der Waals surface area (Å²) >= 11 is 0. The van der Waals surface area contributed by atoms with Gasteiger partial charge in [-0.05, 0) is 56.1 Å². The van der Waals surface area contributed by atoms with E-state index in [0.29, 0.717) is 12.8 Å². The zero-order chi connectivity index (χ0) is 23.2. The number of fused-ring (bicyclic) bond motifs is 5. The number of esters is 1. The Morgan fingerprint density at radius 1 is 1.26 bits per heavy atom. The number of carbonyl (C=O) groups is 3. The normalized spacial score (nSPS) is 42.9. The number of allylic oxidation sites excluding steroid dienone is 4. The van der Waals surface area contributed by atoms with E-state index in [1.165, 1.54) is 14.0 Å². The SMILES string of the molecule is COC(C)=O.C[C@]12C=CC(=O)C=C1CC[C@@H]1[C@@H]2[C@@H](O)C[C@@]2(C)[C@H]1CC[C@]2(O)C(=O)CO. The van der Waals surface area contributed by atoms with Crippen molar-refractivity contribution in [3.63, 3.8) is 0 Å². The molecule has 3 N–H and O–H groups in total. The molecule has 0 unspecified atom stereocenters. The lowest BCUT2D eigenvalue weighted by Gasteiger charge is -2.59. The van der Waals surface area contributed by atoms with Gasteiger partial charge in [-0.15, -0.1) is 0 Å². The van der Waals surface area contributed by atoms with Crippen LogP contribution in [0.3, 0.4) is 0 Å². The quantitative estimate of drug-likeness (QED) is 0.566. The molecular formula is C24H34O7. The zero-order valence-corrected chi connectivity index (χ0v) is 18.8. The Morgan fingerprint density at radius 3 is 2.48 bits per heavy atom. The minimum Gasteiger partial charge on any atom is -0.469 e. The Hall–Kier alpha value is -1.83. The van der Waals surface area contributed by atoms with Crippen molar-refractivity contribution in [3.8, 4) is 0 Å². The van der Waals surface area contributed by atoms with Gasteiger partial charge in [-0.1, -0.05) is 25.5 Å². The van der Waals surface area contributed by atoms with Gasteiger partial charge in [0.15, 0.2) is 11.6 Å². The third kappa shape index (κ3) is 3.60. The number of hydrogen-bond donors (Lipinski definition) is 3. The van der Waals surface area contributed by atoms with Crippen LogP contribution in [0.2, 0.25) is 0 Å². The second kappa shape index (κ2) is 8.26. The topological polar surface area (TPSA) is 121 Å². The summed E-state index contributed by atoms with van der Waals surface area (Å²) in [7, 11) is 1.35. The van der Waals surface area contributed by atoms with Gasteiger partial charge in [-0.2, -0.15) is 0 Å². The zero-order valence-electron chi connectivity index (χ0n) is 18.8. The molecule has 7 atom stereocenters. The van der Waals surface area contributed by atoms with Crippen LogP contribution < -0.4 is 0 Å². The maximum Gasteiger partial charge on any atom is 0.302 e. The summed E-state index contributed by atoms with van der Waals surface area (Å²) in [4.78, 5) is 33.7. The van der Waals surface area contributed by atoms with E-state index in [0.717, 1.165) is 24.8 Å². The largest absolute Gasteiger partial charge is 0.469 e. The number of carbonyl (C=O) groups excluding carboxylic acids is 3. The van der Waals surface area contributed by atoms with Gasteiger partial charge in [0.2, 0.25) is 0 Å². The first kappa shape index (κ1) is 23.8.